The number of halogens is 5. The molecule has 1 aromatic heterocycles. The lowest BCUT2D eigenvalue weighted by atomic mass is 9.94. The molecule has 0 amide bonds. The van der Waals surface area contributed by atoms with E-state index in [2.05, 4.69) is 19.7 Å². The molecule has 0 saturated carbocycles. The van der Waals surface area contributed by atoms with Crippen molar-refractivity contribution in [1.29, 1.82) is 0 Å². The lowest BCUT2D eigenvalue weighted by molar-refractivity contribution is -0.252. The molecule has 1 N–H and O–H groups in total. The van der Waals surface area contributed by atoms with Gasteiger partial charge in [-0.15, -0.1) is 0 Å². The van der Waals surface area contributed by atoms with Crippen molar-refractivity contribution in [3.8, 4) is 22.8 Å². The van der Waals surface area contributed by atoms with Crippen LogP contribution in [0, 0.1) is 5.82 Å². The van der Waals surface area contributed by atoms with Crippen LogP contribution in [-0.4, -0.2) is 39.6 Å². The van der Waals surface area contributed by atoms with E-state index in [1.807, 2.05) is 0 Å². The highest BCUT2D eigenvalue weighted by Crippen LogP contribution is 2.35. The summed E-state index contributed by atoms with van der Waals surface area (Å²) >= 11 is 6.30. The number of ether oxygens (including phenoxy) is 1. The monoisotopic (exact) mass is 511 g/mol. The number of H-pyrrole nitrogens is 1. The van der Waals surface area contributed by atoms with Gasteiger partial charge in [0.15, 0.2) is 11.6 Å². The van der Waals surface area contributed by atoms with Crippen molar-refractivity contribution in [2.24, 2.45) is 0 Å². The van der Waals surface area contributed by atoms with Gasteiger partial charge in [0.2, 0.25) is 5.60 Å². The van der Waals surface area contributed by atoms with Gasteiger partial charge in [-0.05, 0) is 61.2 Å². The maximum absolute atomic E-state index is 13.9. The van der Waals surface area contributed by atoms with Crippen molar-refractivity contribution in [2.75, 3.05) is 7.11 Å². The second kappa shape index (κ2) is 10.2. The predicted octanol–water partition coefficient (Wildman–Crippen LogP) is 5.32. The Morgan fingerprint density at radius 3 is 2.49 bits per heavy atom. The van der Waals surface area contributed by atoms with Gasteiger partial charge in [0.05, 0.1) is 5.02 Å². The van der Waals surface area contributed by atoms with E-state index in [1.165, 1.54) is 24.3 Å². The Bertz CT molecular complexity index is 1310. The fourth-order valence-electron chi connectivity index (χ4n) is 3.42. The lowest BCUT2D eigenvalue weighted by Gasteiger charge is -2.29. The van der Waals surface area contributed by atoms with Gasteiger partial charge < -0.3 is 4.74 Å². The molecule has 11 heteroatoms. The van der Waals surface area contributed by atoms with E-state index in [1.54, 1.807) is 19.1 Å². The van der Waals surface area contributed by atoms with Crippen molar-refractivity contribution >= 4 is 17.4 Å². The van der Waals surface area contributed by atoms with Crippen molar-refractivity contribution in [3.05, 3.63) is 68.8 Å². The number of benzene rings is 2. The van der Waals surface area contributed by atoms with Crippen molar-refractivity contribution < 1.29 is 27.1 Å². The summed E-state index contributed by atoms with van der Waals surface area (Å²) in [6.07, 6.45) is -4.90. The van der Waals surface area contributed by atoms with Crippen LogP contribution in [0.4, 0.5) is 17.6 Å². The standard InChI is InChI=1S/C24H22ClF4N3O3/c1-4-14-12-15(7-9-18(14)26)20-30-21(32-22(34)31-20)16-11-13(5-8-17(16)25)6-10-19(33)23(2,35-3)24(27,28)29/h5,7-9,11-12H,4,6,10H2,1-3H3,(H,30,31,32,34)/t23-/m1/s1. The van der Waals surface area contributed by atoms with Crippen LogP contribution in [-0.2, 0) is 22.4 Å². The Morgan fingerprint density at radius 1 is 1.14 bits per heavy atom. The Labute approximate surface area is 203 Å². The number of carbonyl (C=O) groups is 1. The molecule has 0 aliphatic rings. The fraction of sp³-hybridized carbons (Fsp3) is 0.333. The molecule has 6 nitrogen and oxygen atoms in total. The molecule has 35 heavy (non-hydrogen) atoms. The van der Waals surface area contributed by atoms with E-state index in [0.717, 1.165) is 7.11 Å². The first-order chi connectivity index (χ1) is 16.4. The van der Waals surface area contributed by atoms with Crippen molar-refractivity contribution in [3.63, 3.8) is 0 Å². The molecule has 0 unspecified atom stereocenters. The third-order valence-corrected chi connectivity index (χ3v) is 6.07. The van der Waals surface area contributed by atoms with Gasteiger partial charge in [0.1, 0.15) is 11.6 Å². The average Bonchev–Trinajstić information content (AvgIpc) is 2.81. The molecule has 0 bridgehead atoms. The van der Waals surface area contributed by atoms with Crippen LogP contribution < -0.4 is 5.69 Å². The van der Waals surface area contributed by atoms with Crippen LogP contribution in [0.3, 0.4) is 0 Å². The molecule has 1 heterocycles. The number of Topliss-reactive ketones (excluding diaryl/α,β-unsaturated/α-hetero) is 1. The summed E-state index contributed by atoms with van der Waals surface area (Å²) in [5, 5.41) is 0.214. The smallest absolute Gasteiger partial charge is 0.362 e. The molecule has 0 spiro atoms. The number of rotatable bonds is 8. The SMILES string of the molecule is CCc1cc(-c2nc(-c3cc(CCC(=O)[C@@](C)(OC)C(F)(F)F)ccc3Cl)[nH]c(=O)n2)ccc1F. The van der Waals surface area contributed by atoms with Crippen LogP contribution in [0.25, 0.3) is 22.8 Å². The molecular formula is C24H22ClF4N3O3. The highest BCUT2D eigenvalue weighted by Gasteiger charge is 2.56. The summed E-state index contributed by atoms with van der Waals surface area (Å²) in [6.45, 7) is 2.47. The first-order valence-electron chi connectivity index (χ1n) is 10.6. The molecule has 2 aromatic carbocycles. The molecule has 0 saturated heterocycles. The molecule has 0 aliphatic carbocycles. The molecular weight excluding hydrogens is 490 g/mol. The number of hydrogen-bond acceptors (Lipinski definition) is 5. The third-order valence-electron chi connectivity index (χ3n) is 5.74. The highest BCUT2D eigenvalue weighted by atomic mass is 35.5. The average molecular weight is 512 g/mol. The summed E-state index contributed by atoms with van der Waals surface area (Å²) in [6, 6.07) is 8.83. The van der Waals surface area contributed by atoms with Crippen LogP contribution in [0.1, 0.15) is 31.4 Å². The summed E-state index contributed by atoms with van der Waals surface area (Å²) in [4.78, 5) is 35.2. The normalized spacial score (nSPS) is 13.5. The third kappa shape index (κ3) is 5.59. The minimum atomic E-state index is -4.86. The maximum atomic E-state index is 13.9. The number of alkyl halides is 3. The number of hydrogen-bond donors (Lipinski definition) is 1. The van der Waals surface area contributed by atoms with Gasteiger partial charge in [-0.25, -0.2) is 14.2 Å². The first-order valence-corrected chi connectivity index (χ1v) is 11.0. The zero-order valence-corrected chi connectivity index (χ0v) is 19.9. The summed E-state index contributed by atoms with van der Waals surface area (Å²) in [7, 11) is 0.833. The largest absolute Gasteiger partial charge is 0.424 e. The number of nitrogens with zero attached hydrogens (tertiary/aromatic N) is 2. The van der Waals surface area contributed by atoms with Gasteiger partial charge in [0.25, 0.3) is 0 Å². The van der Waals surface area contributed by atoms with Crippen LogP contribution in [0.15, 0.2) is 41.2 Å². The molecule has 186 valence electrons. The number of nitrogens with one attached hydrogen (secondary N) is 1. The van der Waals surface area contributed by atoms with Crippen LogP contribution in [0.5, 0.6) is 0 Å². The number of aromatic amines is 1. The van der Waals surface area contributed by atoms with Gasteiger partial charge in [-0.2, -0.15) is 18.2 Å². The summed E-state index contributed by atoms with van der Waals surface area (Å²) < 4.78 is 58.2. The van der Waals surface area contributed by atoms with Gasteiger partial charge in [-0.1, -0.05) is 24.6 Å². The summed E-state index contributed by atoms with van der Waals surface area (Å²) in [5.41, 5.74) is -1.99. The van der Waals surface area contributed by atoms with E-state index in [9.17, 15) is 27.2 Å². The second-order valence-corrected chi connectivity index (χ2v) is 8.37. The lowest BCUT2D eigenvalue weighted by Crippen LogP contribution is -2.51. The van der Waals surface area contributed by atoms with E-state index in [4.69, 9.17) is 11.6 Å². The van der Waals surface area contributed by atoms with Crippen LogP contribution in [0.2, 0.25) is 5.02 Å². The van der Waals surface area contributed by atoms with Crippen molar-refractivity contribution in [2.45, 2.75) is 44.9 Å². The first kappa shape index (κ1) is 26.5. The van der Waals surface area contributed by atoms with Gasteiger partial charge in [-0.3, -0.25) is 9.78 Å². The van der Waals surface area contributed by atoms with E-state index in [0.29, 0.717) is 35.6 Å². The highest BCUT2D eigenvalue weighted by molar-refractivity contribution is 6.33. The second-order valence-electron chi connectivity index (χ2n) is 7.96. The summed E-state index contributed by atoms with van der Waals surface area (Å²) in [5.74, 6) is -1.39. The van der Waals surface area contributed by atoms with E-state index < -0.39 is 29.7 Å². The van der Waals surface area contributed by atoms with Gasteiger partial charge >= 0.3 is 11.9 Å². The number of carbonyl (C=O) groups excluding carboxylic acids is 1. The van der Waals surface area contributed by atoms with E-state index in [-0.39, 0.29) is 28.9 Å². The predicted molar refractivity (Wildman–Crippen MR) is 123 cm³/mol. The molecule has 3 rings (SSSR count). The Morgan fingerprint density at radius 2 is 1.86 bits per heavy atom. The van der Waals surface area contributed by atoms with Crippen LogP contribution >= 0.6 is 11.6 Å². The molecule has 0 aliphatic heterocycles. The fourth-order valence-corrected chi connectivity index (χ4v) is 3.63. The minimum absolute atomic E-state index is 0.0297. The minimum Gasteiger partial charge on any atom is -0.362 e. The Hall–Kier alpha value is -3.11. The number of ketones is 1. The maximum Gasteiger partial charge on any atom is 0.424 e. The zero-order chi connectivity index (χ0) is 26.0. The molecule has 0 fully saturated rings. The number of aryl methyl sites for hydroxylation is 2. The zero-order valence-electron chi connectivity index (χ0n) is 19.1. The van der Waals surface area contributed by atoms with Gasteiger partial charge in [0, 0.05) is 24.7 Å². The Balaban J connectivity index is 1.93. The number of aromatic nitrogens is 3. The number of methoxy groups -OCH3 is 1. The van der Waals surface area contributed by atoms with E-state index >= 15 is 0 Å². The topological polar surface area (TPSA) is 84.9 Å². The van der Waals surface area contributed by atoms with Crippen molar-refractivity contribution in [1.82, 2.24) is 15.0 Å². The molecule has 3 aromatic rings. The Kier molecular flexibility index (Phi) is 7.76. The molecule has 1 atom stereocenters. The quantitative estimate of drug-likeness (QED) is 0.414. The molecule has 0 radical (unpaired) electrons.